The minimum Gasteiger partial charge on any atom is -0.363 e. The van der Waals surface area contributed by atoms with Crippen molar-refractivity contribution in [3.63, 3.8) is 0 Å². The second-order valence-electron chi connectivity index (χ2n) is 5.48. The van der Waals surface area contributed by atoms with Crippen molar-refractivity contribution >= 4 is 28.2 Å². The summed E-state index contributed by atoms with van der Waals surface area (Å²) in [6.45, 7) is 3.83. The van der Waals surface area contributed by atoms with Crippen molar-refractivity contribution in [2.45, 2.75) is 19.6 Å². The molecule has 0 saturated heterocycles. The van der Waals surface area contributed by atoms with Crippen LogP contribution in [-0.2, 0) is 5.72 Å². The summed E-state index contributed by atoms with van der Waals surface area (Å²) in [5.74, 6) is 0. The van der Waals surface area contributed by atoms with Crippen molar-refractivity contribution in [3.05, 3.63) is 60.6 Å². The van der Waals surface area contributed by atoms with Crippen LogP contribution in [0.3, 0.4) is 0 Å². The summed E-state index contributed by atoms with van der Waals surface area (Å²) >= 11 is 2.92. The Bertz CT molecular complexity index is 1020. The van der Waals surface area contributed by atoms with Crippen LogP contribution >= 0.6 is 22.7 Å². The third kappa shape index (κ3) is 2.54. The number of nitrogens with one attached hydrogen (secondary N) is 1. The molecule has 5 nitrogen and oxygen atoms in total. The van der Waals surface area contributed by atoms with Gasteiger partial charge in [0.1, 0.15) is 18.2 Å². The molecular formula is C18H12N4OS2. The van der Waals surface area contributed by atoms with E-state index in [1.807, 2.05) is 31.4 Å². The Kier molecular flexibility index (Phi) is 4.20. The Hall–Kier alpha value is -2.89. The first-order valence-electron chi connectivity index (χ1n) is 7.28. The Morgan fingerprint density at radius 2 is 1.96 bits per heavy atom. The van der Waals surface area contributed by atoms with E-state index in [1.54, 1.807) is 18.2 Å². The van der Waals surface area contributed by atoms with Gasteiger partial charge >= 0.3 is 0 Å². The van der Waals surface area contributed by atoms with E-state index in [4.69, 9.17) is 0 Å². The molecular weight excluding hydrogens is 352 g/mol. The van der Waals surface area contributed by atoms with Crippen molar-refractivity contribution < 1.29 is 5.11 Å². The Labute approximate surface area is 153 Å². The monoisotopic (exact) mass is 364 g/mol. The van der Waals surface area contributed by atoms with E-state index < -0.39 is 5.72 Å². The van der Waals surface area contributed by atoms with Gasteiger partial charge < -0.3 is 10.4 Å². The Morgan fingerprint density at radius 1 is 1.24 bits per heavy atom. The molecule has 2 N–H and O–H groups in total. The first-order chi connectivity index (χ1) is 12.0. The highest BCUT2D eigenvalue weighted by Gasteiger charge is 2.47. The van der Waals surface area contributed by atoms with Crippen LogP contribution < -0.4 is 5.32 Å². The van der Waals surface area contributed by atoms with E-state index in [0.29, 0.717) is 16.0 Å². The van der Waals surface area contributed by atoms with E-state index >= 15 is 0 Å². The predicted molar refractivity (Wildman–Crippen MR) is 95.9 cm³/mol. The summed E-state index contributed by atoms with van der Waals surface area (Å²) in [6, 6.07) is 11.1. The maximum absolute atomic E-state index is 11.5. The van der Waals surface area contributed by atoms with Crippen LogP contribution in [0.1, 0.15) is 20.2 Å². The van der Waals surface area contributed by atoms with Crippen molar-refractivity contribution in [1.29, 1.82) is 15.8 Å². The molecule has 0 aromatic carbocycles. The van der Waals surface area contributed by atoms with Crippen LogP contribution in [0, 0.1) is 47.8 Å². The number of allylic oxidation sites excluding steroid dienone is 2. The van der Waals surface area contributed by atoms with E-state index in [-0.39, 0.29) is 16.8 Å². The largest absolute Gasteiger partial charge is 0.363 e. The van der Waals surface area contributed by atoms with Crippen LogP contribution in [-0.4, -0.2) is 5.11 Å². The number of hydrogen-bond donors (Lipinski definition) is 2. The molecule has 1 unspecified atom stereocenters. The average molecular weight is 364 g/mol. The van der Waals surface area contributed by atoms with Crippen molar-refractivity contribution in [2.24, 2.45) is 0 Å². The number of nitrogens with zero attached hydrogens (tertiary/aromatic N) is 3. The van der Waals surface area contributed by atoms with Gasteiger partial charge in [0.2, 0.25) is 0 Å². The molecule has 1 aliphatic heterocycles. The molecule has 25 heavy (non-hydrogen) atoms. The predicted octanol–water partition coefficient (Wildman–Crippen LogP) is 3.45. The van der Waals surface area contributed by atoms with Gasteiger partial charge in [0.15, 0.2) is 11.3 Å². The van der Waals surface area contributed by atoms with Crippen molar-refractivity contribution in [1.82, 2.24) is 5.32 Å². The Balaban J connectivity index is 2.39. The number of nitriles is 3. The molecule has 0 aliphatic carbocycles. The normalized spacial score (nSPS) is 19.1. The lowest BCUT2D eigenvalue weighted by Gasteiger charge is -2.27. The second kappa shape index (κ2) is 6.20. The summed E-state index contributed by atoms with van der Waals surface area (Å²) in [5, 5.41) is 44.4. The first kappa shape index (κ1) is 17.0. The molecule has 7 heteroatoms. The summed E-state index contributed by atoms with van der Waals surface area (Å²) in [4.78, 5) is 2.63. The van der Waals surface area contributed by atoms with Crippen molar-refractivity contribution in [2.75, 3.05) is 0 Å². The summed E-state index contributed by atoms with van der Waals surface area (Å²) in [6.07, 6.45) is 0. The quantitative estimate of drug-likeness (QED) is 0.794. The minimum absolute atomic E-state index is 0.0710. The van der Waals surface area contributed by atoms with Gasteiger partial charge in [0, 0.05) is 25.8 Å². The number of rotatable bonds is 2. The molecule has 1 atom stereocenters. The van der Waals surface area contributed by atoms with Crippen LogP contribution in [0.4, 0.5) is 0 Å². The van der Waals surface area contributed by atoms with Crippen molar-refractivity contribution in [3.8, 4) is 18.2 Å². The third-order valence-electron chi connectivity index (χ3n) is 3.95. The topological polar surface area (TPSA) is 104 Å². The minimum atomic E-state index is -1.67. The van der Waals surface area contributed by atoms with Crippen LogP contribution in [0.25, 0.3) is 5.57 Å². The zero-order chi connectivity index (χ0) is 18.2. The van der Waals surface area contributed by atoms with Gasteiger partial charge in [-0.3, -0.25) is 0 Å². The standard InChI is InChI=1S/C18H12N4OS2/c1-10-6-14(11(2)25-10)18(23)16(15-4-3-5-24-15)13(9-21)17(22-18)12(7-19)8-20/h3-6,22-23H,1-2H3. The molecule has 0 fully saturated rings. The molecule has 3 rings (SSSR count). The lowest BCUT2D eigenvalue weighted by atomic mass is 9.93. The fourth-order valence-electron chi connectivity index (χ4n) is 2.96. The van der Waals surface area contributed by atoms with Gasteiger partial charge in [0.25, 0.3) is 0 Å². The SMILES string of the molecule is Cc1cc(C2(O)NC(=C(C#N)C#N)C(C#N)=C2c2cccs2)c(C)s1. The van der Waals surface area contributed by atoms with Gasteiger partial charge in [-0.15, -0.1) is 22.7 Å². The van der Waals surface area contributed by atoms with Gasteiger partial charge in [-0.1, -0.05) is 6.07 Å². The highest BCUT2D eigenvalue weighted by atomic mass is 32.1. The average Bonchev–Trinajstić information content (AvgIpc) is 3.27. The maximum atomic E-state index is 11.5. The summed E-state index contributed by atoms with van der Waals surface area (Å²) in [7, 11) is 0. The Morgan fingerprint density at radius 3 is 2.44 bits per heavy atom. The molecule has 122 valence electrons. The number of thiophene rings is 2. The smallest absolute Gasteiger partial charge is 0.192 e. The molecule has 0 amide bonds. The lowest BCUT2D eigenvalue weighted by Crippen LogP contribution is -2.38. The molecule has 1 aliphatic rings. The van der Waals surface area contributed by atoms with Crippen LogP contribution in [0.5, 0.6) is 0 Å². The van der Waals surface area contributed by atoms with E-state index in [9.17, 15) is 20.9 Å². The summed E-state index contributed by atoms with van der Waals surface area (Å²) in [5.41, 5.74) is -0.710. The second-order valence-corrected chi connectivity index (χ2v) is 7.88. The number of aryl methyl sites for hydroxylation is 2. The highest BCUT2D eigenvalue weighted by molar-refractivity contribution is 7.12. The van der Waals surface area contributed by atoms with Gasteiger partial charge in [0.05, 0.1) is 11.3 Å². The number of hydrogen-bond acceptors (Lipinski definition) is 7. The molecule has 0 saturated carbocycles. The van der Waals surface area contributed by atoms with Gasteiger partial charge in [-0.2, -0.15) is 15.8 Å². The zero-order valence-electron chi connectivity index (χ0n) is 13.4. The fourth-order valence-corrected chi connectivity index (χ4v) is 4.77. The highest BCUT2D eigenvalue weighted by Crippen LogP contribution is 2.48. The zero-order valence-corrected chi connectivity index (χ0v) is 15.0. The van der Waals surface area contributed by atoms with Gasteiger partial charge in [-0.05, 0) is 31.4 Å². The summed E-state index contributed by atoms with van der Waals surface area (Å²) < 4.78 is 0. The molecule has 3 heterocycles. The first-order valence-corrected chi connectivity index (χ1v) is 8.97. The molecule has 2 aromatic heterocycles. The molecule has 0 spiro atoms. The van der Waals surface area contributed by atoms with Crippen LogP contribution in [0.15, 0.2) is 40.4 Å². The number of aliphatic hydroxyl groups is 1. The third-order valence-corrected chi connectivity index (χ3v) is 5.80. The van der Waals surface area contributed by atoms with E-state index in [2.05, 4.69) is 11.4 Å². The molecule has 0 radical (unpaired) electrons. The van der Waals surface area contributed by atoms with E-state index in [1.165, 1.54) is 22.7 Å². The maximum Gasteiger partial charge on any atom is 0.192 e. The molecule has 0 bridgehead atoms. The fraction of sp³-hybridized carbons (Fsp3) is 0.167. The van der Waals surface area contributed by atoms with E-state index in [0.717, 1.165) is 9.75 Å². The lowest BCUT2D eigenvalue weighted by molar-refractivity contribution is 0.0811. The van der Waals surface area contributed by atoms with Gasteiger partial charge in [-0.25, -0.2) is 0 Å². The van der Waals surface area contributed by atoms with Crippen LogP contribution in [0.2, 0.25) is 0 Å². The molecule has 2 aromatic rings.